The highest BCUT2D eigenvalue weighted by atomic mass is 32.1. The predicted molar refractivity (Wildman–Crippen MR) is 43.7 cm³/mol. The summed E-state index contributed by atoms with van der Waals surface area (Å²) in [6.07, 6.45) is 3.30. The molecule has 1 rings (SSSR count). The van der Waals surface area contributed by atoms with Gasteiger partial charge in [-0.15, -0.1) is 11.3 Å². The van der Waals surface area contributed by atoms with E-state index in [-0.39, 0.29) is 0 Å². The van der Waals surface area contributed by atoms with Crippen LogP contribution in [-0.4, -0.2) is 0 Å². The lowest BCUT2D eigenvalue weighted by atomic mass is 10.3. The Labute approximate surface area is 64.2 Å². The van der Waals surface area contributed by atoms with Crippen LogP contribution in [0.1, 0.15) is 10.4 Å². The van der Waals surface area contributed by atoms with Crippen LogP contribution in [-0.2, 0) is 0 Å². The van der Waals surface area contributed by atoms with Gasteiger partial charge in [-0.2, -0.15) is 5.26 Å². The smallest absolute Gasteiger partial charge is 0.0912 e. The fourth-order valence-corrected chi connectivity index (χ4v) is 1.36. The molecule has 0 aromatic carbocycles. The fraction of sp³-hybridized carbons (Fsp3) is 0.125. The lowest BCUT2D eigenvalue weighted by Gasteiger charge is -1.75. The first-order valence-corrected chi connectivity index (χ1v) is 3.82. The van der Waals surface area contributed by atoms with Crippen LogP contribution >= 0.6 is 11.3 Å². The second-order valence-electron chi connectivity index (χ2n) is 1.95. The van der Waals surface area contributed by atoms with E-state index in [1.54, 1.807) is 11.3 Å². The Morgan fingerprint density at radius 2 is 2.50 bits per heavy atom. The maximum Gasteiger partial charge on any atom is 0.0912 e. The van der Waals surface area contributed by atoms with Crippen LogP contribution in [0, 0.1) is 18.3 Å². The van der Waals surface area contributed by atoms with Crippen LogP contribution in [0.2, 0.25) is 0 Å². The Kier molecular flexibility index (Phi) is 2.24. The first-order valence-electron chi connectivity index (χ1n) is 2.94. The average Bonchev–Trinajstić information content (AvgIpc) is 2.31. The molecule has 1 nitrogen and oxygen atoms in total. The second kappa shape index (κ2) is 3.19. The zero-order valence-corrected chi connectivity index (χ0v) is 6.48. The van der Waals surface area contributed by atoms with E-state index in [1.807, 2.05) is 24.4 Å². The van der Waals surface area contributed by atoms with Crippen LogP contribution in [0.3, 0.4) is 0 Å². The summed E-state index contributed by atoms with van der Waals surface area (Å²) in [7, 11) is 0. The number of hydrogen-bond donors (Lipinski definition) is 0. The molecule has 2 heteroatoms. The number of thiophene rings is 1. The summed E-state index contributed by atoms with van der Waals surface area (Å²) in [6, 6.07) is 4.00. The van der Waals surface area contributed by atoms with Crippen LogP contribution in [0.25, 0.3) is 6.08 Å². The third kappa shape index (κ3) is 1.71. The lowest BCUT2D eigenvalue weighted by molar-refractivity contribution is 1.54. The number of hydrogen-bond acceptors (Lipinski definition) is 2. The normalized spacial score (nSPS) is 10.0. The monoisotopic (exact) mass is 149 g/mol. The standard InChI is InChI=1S/C8H7NS/c1-7-5-8(6-10-7)3-2-4-9/h2-3,5-6H,1H3/b3-2+. The van der Waals surface area contributed by atoms with Gasteiger partial charge in [0.1, 0.15) is 0 Å². The van der Waals surface area contributed by atoms with Crippen molar-refractivity contribution in [1.82, 2.24) is 0 Å². The molecule has 0 aliphatic carbocycles. The van der Waals surface area contributed by atoms with Crippen molar-refractivity contribution in [3.8, 4) is 6.07 Å². The molecule has 0 bridgehead atoms. The van der Waals surface area contributed by atoms with E-state index in [0.29, 0.717) is 0 Å². The molecule has 1 aromatic rings. The van der Waals surface area contributed by atoms with Crippen molar-refractivity contribution in [3.63, 3.8) is 0 Å². The summed E-state index contributed by atoms with van der Waals surface area (Å²) in [6.45, 7) is 2.05. The number of allylic oxidation sites excluding steroid dienone is 1. The van der Waals surface area contributed by atoms with Gasteiger partial charge in [-0.25, -0.2) is 0 Å². The van der Waals surface area contributed by atoms with E-state index in [2.05, 4.69) is 6.07 Å². The van der Waals surface area contributed by atoms with Gasteiger partial charge in [-0.05, 0) is 30.0 Å². The first kappa shape index (κ1) is 7.04. The van der Waals surface area contributed by atoms with Gasteiger partial charge in [-0.3, -0.25) is 0 Å². The lowest BCUT2D eigenvalue weighted by Crippen LogP contribution is -1.58. The molecular formula is C8H7NS. The van der Waals surface area contributed by atoms with Crippen LogP contribution in [0.5, 0.6) is 0 Å². The molecule has 0 amide bonds. The van der Waals surface area contributed by atoms with E-state index < -0.39 is 0 Å². The van der Waals surface area contributed by atoms with Crippen molar-refractivity contribution < 1.29 is 0 Å². The maximum atomic E-state index is 8.20. The minimum absolute atomic E-state index is 1.11. The molecule has 0 atom stereocenters. The van der Waals surface area contributed by atoms with Gasteiger partial charge < -0.3 is 0 Å². The molecule has 0 aliphatic heterocycles. The molecular weight excluding hydrogens is 142 g/mol. The highest BCUT2D eigenvalue weighted by Crippen LogP contribution is 2.13. The van der Waals surface area contributed by atoms with Crippen molar-refractivity contribution in [2.45, 2.75) is 6.92 Å². The molecule has 0 saturated carbocycles. The first-order chi connectivity index (χ1) is 4.83. The SMILES string of the molecule is Cc1cc(/C=C/C#N)cs1. The third-order valence-electron chi connectivity index (χ3n) is 1.10. The summed E-state index contributed by atoms with van der Waals surface area (Å²) in [5.74, 6) is 0. The molecule has 10 heavy (non-hydrogen) atoms. The minimum atomic E-state index is 1.11. The molecule has 0 fully saturated rings. The van der Waals surface area contributed by atoms with Crippen molar-refractivity contribution in [2.24, 2.45) is 0 Å². The van der Waals surface area contributed by atoms with Gasteiger partial charge in [0.25, 0.3) is 0 Å². The zero-order chi connectivity index (χ0) is 7.40. The van der Waals surface area contributed by atoms with Gasteiger partial charge in [0.05, 0.1) is 6.07 Å². The van der Waals surface area contributed by atoms with Gasteiger partial charge >= 0.3 is 0 Å². The molecule has 0 unspecified atom stereocenters. The van der Waals surface area contributed by atoms with Gasteiger partial charge in [0.2, 0.25) is 0 Å². The van der Waals surface area contributed by atoms with Crippen LogP contribution in [0.15, 0.2) is 17.5 Å². The molecule has 0 spiro atoms. The highest BCUT2D eigenvalue weighted by molar-refractivity contribution is 7.10. The summed E-state index contributed by atoms with van der Waals surface area (Å²) in [5, 5.41) is 10.2. The Hall–Kier alpha value is -1.07. The van der Waals surface area contributed by atoms with E-state index in [9.17, 15) is 0 Å². The van der Waals surface area contributed by atoms with Crippen LogP contribution < -0.4 is 0 Å². The van der Waals surface area contributed by atoms with E-state index >= 15 is 0 Å². The molecule has 0 radical (unpaired) electrons. The third-order valence-corrected chi connectivity index (χ3v) is 1.98. The highest BCUT2D eigenvalue weighted by Gasteiger charge is 1.88. The predicted octanol–water partition coefficient (Wildman–Crippen LogP) is 2.59. The largest absolute Gasteiger partial charge is 0.193 e. The fourth-order valence-electron chi connectivity index (χ4n) is 0.685. The topological polar surface area (TPSA) is 23.8 Å². The molecule has 50 valence electrons. The van der Waals surface area contributed by atoms with Crippen molar-refractivity contribution in [3.05, 3.63) is 28.0 Å². The van der Waals surface area contributed by atoms with E-state index in [4.69, 9.17) is 5.26 Å². The molecule has 1 aromatic heterocycles. The van der Waals surface area contributed by atoms with Gasteiger partial charge in [-0.1, -0.05) is 0 Å². The minimum Gasteiger partial charge on any atom is -0.193 e. The second-order valence-corrected chi connectivity index (χ2v) is 3.07. The zero-order valence-electron chi connectivity index (χ0n) is 5.66. The molecule has 0 N–H and O–H groups in total. The molecule has 0 saturated heterocycles. The quantitative estimate of drug-likeness (QED) is 0.563. The number of aryl methyl sites for hydroxylation is 1. The summed E-state index contributed by atoms with van der Waals surface area (Å²) < 4.78 is 0. The van der Waals surface area contributed by atoms with E-state index in [1.165, 1.54) is 11.0 Å². The van der Waals surface area contributed by atoms with E-state index in [0.717, 1.165) is 5.56 Å². The van der Waals surface area contributed by atoms with Crippen molar-refractivity contribution >= 4 is 17.4 Å². The number of nitrogens with zero attached hydrogens (tertiary/aromatic N) is 1. The van der Waals surface area contributed by atoms with Crippen molar-refractivity contribution in [1.29, 1.82) is 5.26 Å². The maximum absolute atomic E-state index is 8.20. The summed E-state index contributed by atoms with van der Waals surface area (Å²) in [4.78, 5) is 1.28. The Morgan fingerprint density at radius 1 is 1.70 bits per heavy atom. The molecule has 1 heterocycles. The van der Waals surface area contributed by atoms with Crippen molar-refractivity contribution in [2.75, 3.05) is 0 Å². The number of nitriles is 1. The Morgan fingerprint density at radius 3 is 3.00 bits per heavy atom. The Balaban J connectivity index is 2.78. The molecule has 0 aliphatic rings. The van der Waals surface area contributed by atoms with Gasteiger partial charge in [0, 0.05) is 11.0 Å². The Bertz CT molecular complexity index is 278. The summed E-state index contributed by atoms with van der Waals surface area (Å²) in [5.41, 5.74) is 1.11. The average molecular weight is 149 g/mol. The van der Waals surface area contributed by atoms with Crippen LogP contribution in [0.4, 0.5) is 0 Å². The van der Waals surface area contributed by atoms with Gasteiger partial charge in [0.15, 0.2) is 0 Å². The number of rotatable bonds is 1. The summed E-state index contributed by atoms with van der Waals surface area (Å²) >= 11 is 1.69.